The van der Waals surface area contributed by atoms with E-state index in [0.29, 0.717) is 21.2 Å². The summed E-state index contributed by atoms with van der Waals surface area (Å²) in [6.07, 6.45) is 0. The molecule has 0 N–H and O–H groups in total. The molecule has 96 valence electrons. The first kappa shape index (κ1) is 17.3. The first-order valence-electron chi connectivity index (χ1n) is 4.73. The summed E-state index contributed by atoms with van der Waals surface area (Å²) in [5.41, 5.74) is 1.09. The number of benzene rings is 2. The number of halogens is 4. The number of hydrogen-bond donors (Lipinski definition) is 0. The number of ketones is 1. The Morgan fingerprint density at radius 3 is 1.94 bits per heavy atom. The molecule has 2 aromatic rings. The van der Waals surface area contributed by atoms with Gasteiger partial charge < -0.3 is 0 Å². The fourth-order valence-corrected chi connectivity index (χ4v) is 1.75. The first-order valence-corrected chi connectivity index (χ1v) is 5.49. The molecule has 0 aliphatic heterocycles. The molecule has 0 bridgehead atoms. The summed E-state index contributed by atoms with van der Waals surface area (Å²) in [7, 11) is 0. The van der Waals surface area contributed by atoms with E-state index in [9.17, 15) is 4.79 Å². The molecule has 0 saturated heterocycles. The summed E-state index contributed by atoms with van der Waals surface area (Å²) in [5.74, 6) is -0.0951. The van der Waals surface area contributed by atoms with Gasteiger partial charge in [-0.1, -0.05) is 35.3 Å². The van der Waals surface area contributed by atoms with E-state index < -0.39 is 0 Å². The Hall–Kier alpha value is -0.730. The molecule has 0 aliphatic rings. The molecule has 2 rings (SSSR count). The van der Waals surface area contributed by atoms with E-state index >= 15 is 0 Å². The smallest absolute Gasteiger partial charge is 0.194 e. The topological polar surface area (TPSA) is 17.1 Å². The predicted octanol–water partition coefficient (Wildman–Crippen LogP) is 5.07. The van der Waals surface area contributed by atoms with Gasteiger partial charge in [-0.05, 0) is 36.4 Å². The van der Waals surface area contributed by atoms with Crippen molar-refractivity contribution in [2.45, 2.75) is 0 Å². The minimum Gasteiger partial charge on any atom is -0.289 e. The molecule has 0 spiro atoms. The molecule has 0 unspecified atom stereocenters. The van der Waals surface area contributed by atoms with Crippen LogP contribution >= 0.6 is 48.0 Å². The van der Waals surface area contributed by atoms with Crippen LogP contribution in [-0.2, 0) is 0 Å². The van der Waals surface area contributed by atoms with Gasteiger partial charge in [-0.15, -0.1) is 24.8 Å². The van der Waals surface area contributed by atoms with E-state index in [1.807, 2.05) is 0 Å². The molecule has 0 fully saturated rings. The molecular weight excluding hydrogens is 314 g/mol. The van der Waals surface area contributed by atoms with E-state index in [1.54, 1.807) is 48.5 Å². The highest BCUT2D eigenvalue weighted by Gasteiger charge is 2.11. The van der Waals surface area contributed by atoms with Gasteiger partial charge in [-0.2, -0.15) is 0 Å². The van der Waals surface area contributed by atoms with E-state index in [4.69, 9.17) is 23.2 Å². The van der Waals surface area contributed by atoms with Crippen LogP contribution < -0.4 is 0 Å². The molecule has 0 aromatic heterocycles. The summed E-state index contributed by atoms with van der Waals surface area (Å²) >= 11 is 11.7. The van der Waals surface area contributed by atoms with Gasteiger partial charge in [-0.3, -0.25) is 4.79 Å². The van der Waals surface area contributed by atoms with Crippen molar-refractivity contribution in [3.05, 3.63) is 69.7 Å². The van der Waals surface area contributed by atoms with Crippen molar-refractivity contribution in [1.29, 1.82) is 0 Å². The van der Waals surface area contributed by atoms with E-state index in [1.165, 1.54) is 0 Å². The summed E-state index contributed by atoms with van der Waals surface area (Å²) in [4.78, 5) is 12.1. The maximum absolute atomic E-state index is 12.1. The average molecular weight is 324 g/mol. The summed E-state index contributed by atoms with van der Waals surface area (Å²) in [6.45, 7) is 0. The number of carbonyl (C=O) groups excluding carboxylic acids is 1. The van der Waals surface area contributed by atoms with Crippen LogP contribution in [0.2, 0.25) is 10.0 Å². The standard InChI is InChI=1S/C13H8Cl2O.2ClH/c14-10-7-5-9(6-8-10)13(16)11-3-1-2-4-12(11)15;;/h1-8H;2*1H. The molecule has 0 aliphatic carbocycles. The second-order valence-electron chi connectivity index (χ2n) is 3.32. The summed E-state index contributed by atoms with van der Waals surface area (Å²) < 4.78 is 0. The Balaban J connectivity index is 0.00000144. The number of hydrogen-bond acceptors (Lipinski definition) is 1. The van der Waals surface area contributed by atoms with Crippen molar-refractivity contribution in [1.82, 2.24) is 0 Å². The Bertz CT molecular complexity index is 523. The Labute approximate surface area is 128 Å². The zero-order valence-electron chi connectivity index (χ0n) is 9.10. The van der Waals surface area contributed by atoms with Gasteiger partial charge in [0.25, 0.3) is 0 Å². The second kappa shape index (κ2) is 7.65. The van der Waals surface area contributed by atoms with Gasteiger partial charge in [0.2, 0.25) is 0 Å². The zero-order valence-corrected chi connectivity index (χ0v) is 12.2. The summed E-state index contributed by atoms with van der Waals surface area (Å²) in [6, 6.07) is 13.7. The van der Waals surface area contributed by atoms with Gasteiger partial charge >= 0.3 is 0 Å². The fraction of sp³-hybridized carbons (Fsp3) is 0. The largest absolute Gasteiger partial charge is 0.289 e. The number of rotatable bonds is 2. The van der Waals surface area contributed by atoms with E-state index in [2.05, 4.69) is 0 Å². The first-order chi connectivity index (χ1) is 7.68. The lowest BCUT2D eigenvalue weighted by Gasteiger charge is -2.03. The lowest BCUT2D eigenvalue weighted by molar-refractivity contribution is 0.103. The van der Waals surface area contributed by atoms with Crippen LogP contribution in [0.1, 0.15) is 15.9 Å². The van der Waals surface area contributed by atoms with Gasteiger partial charge in [0.15, 0.2) is 5.78 Å². The predicted molar refractivity (Wildman–Crippen MR) is 80.8 cm³/mol. The number of carbonyl (C=O) groups is 1. The molecule has 0 atom stereocenters. The molecule has 5 heteroatoms. The van der Waals surface area contributed by atoms with Crippen LogP contribution in [0.5, 0.6) is 0 Å². The van der Waals surface area contributed by atoms with Gasteiger partial charge in [0.05, 0.1) is 5.02 Å². The normalized spacial score (nSPS) is 9.00. The third-order valence-electron chi connectivity index (χ3n) is 2.22. The SMILES string of the molecule is Cl.Cl.O=C(c1ccc(Cl)cc1)c1ccccc1Cl. The maximum Gasteiger partial charge on any atom is 0.194 e. The van der Waals surface area contributed by atoms with Crippen molar-refractivity contribution in [2.75, 3.05) is 0 Å². The van der Waals surface area contributed by atoms with Crippen LogP contribution in [0.25, 0.3) is 0 Å². The van der Waals surface area contributed by atoms with Crippen molar-refractivity contribution in [3.63, 3.8) is 0 Å². The Morgan fingerprint density at radius 1 is 0.833 bits per heavy atom. The van der Waals surface area contributed by atoms with Crippen molar-refractivity contribution < 1.29 is 4.79 Å². The molecule has 2 aromatic carbocycles. The van der Waals surface area contributed by atoms with E-state index in [0.717, 1.165) is 0 Å². The third-order valence-corrected chi connectivity index (χ3v) is 2.81. The molecule has 1 nitrogen and oxygen atoms in total. The van der Waals surface area contributed by atoms with Crippen molar-refractivity contribution >= 4 is 53.8 Å². The fourth-order valence-electron chi connectivity index (χ4n) is 1.40. The van der Waals surface area contributed by atoms with Crippen LogP contribution in [0, 0.1) is 0 Å². The van der Waals surface area contributed by atoms with Crippen LogP contribution in [0.4, 0.5) is 0 Å². The lowest BCUT2D eigenvalue weighted by Crippen LogP contribution is -2.01. The van der Waals surface area contributed by atoms with Crippen LogP contribution in [0.15, 0.2) is 48.5 Å². The van der Waals surface area contributed by atoms with Crippen molar-refractivity contribution in [3.8, 4) is 0 Å². The van der Waals surface area contributed by atoms with Crippen LogP contribution in [-0.4, -0.2) is 5.78 Å². The zero-order chi connectivity index (χ0) is 11.5. The highest BCUT2D eigenvalue weighted by molar-refractivity contribution is 6.35. The van der Waals surface area contributed by atoms with Gasteiger partial charge in [0, 0.05) is 16.1 Å². The second-order valence-corrected chi connectivity index (χ2v) is 4.16. The molecule has 0 heterocycles. The Morgan fingerprint density at radius 2 is 1.39 bits per heavy atom. The highest BCUT2D eigenvalue weighted by Crippen LogP contribution is 2.20. The Kier molecular flexibility index (Phi) is 7.34. The molecule has 0 radical (unpaired) electrons. The van der Waals surface area contributed by atoms with Gasteiger partial charge in [-0.25, -0.2) is 0 Å². The van der Waals surface area contributed by atoms with Gasteiger partial charge in [0.1, 0.15) is 0 Å². The van der Waals surface area contributed by atoms with E-state index in [-0.39, 0.29) is 30.6 Å². The summed E-state index contributed by atoms with van der Waals surface area (Å²) in [5, 5.41) is 1.07. The minimum absolute atomic E-state index is 0. The molecule has 0 saturated carbocycles. The molecular formula is C13H10Cl4O. The minimum atomic E-state index is -0.0951. The molecule has 0 amide bonds. The quantitative estimate of drug-likeness (QED) is 0.705. The molecule has 18 heavy (non-hydrogen) atoms. The lowest BCUT2D eigenvalue weighted by atomic mass is 10.0. The highest BCUT2D eigenvalue weighted by atomic mass is 35.5. The maximum atomic E-state index is 12.1. The monoisotopic (exact) mass is 322 g/mol. The third kappa shape index (κ3) is 3.89. The van der Waals surface area contributed by atoms with Crippen molar-refractivity contribution in [2.24, 2.45) is 0 Å². The average Bonchev–Trinajstić information content (AvgIpc) is 2.30. The van der Waals surface area contributed by atoms with Crippen LogP contribution in [0.3, 0.4) is 0 Å².